The summed E-state index contributed by atoms with van der Waals surface area (Å²) >= 11 is 0. The molecule has 1 aromatic carbocycles. The van der Waals surface area contributed by atoms with Gasteiger partial charge in [-0.2, -0.15) is 0 Å². The molecular weight excluding hydrogens is 223 g/mol. The van der Waals surface area contributed by atoms with Crippen molar-refractivity contribution in [1.82, 2.24) is 4.90 Å². The van der Waals surface area contributed by atoms with E-state index in [-0.39, 0.29) is 24.9 Å². The van der Waals surface area contributed by atoms with Crippen LogP contribution in [0.5, 0.6) is 0 Å². The molecule has 0 saturated heterocycles. The summed E-state index contributed by atoms with van der Waals surface area (Å²) in [7, 11) is 3.14. The number of nitrogens with zero attached hydrogens (tertiary/aromatic N) is 1. The first-order valence-electron chi connectivity index (χ1n) is 5.29. The normalized spacial score (nSPS) is 10.6. The van der Waals surface area contributed by atoms with Crippen LogP contribution in [0.25, 0.3) is 0 Å². The van der Waals surface area contributed by atoms with Crippen molar-refractivity contribution in [2.75, 3.05) is 20.7 Å². The molecule has 2 N–H and O–H groups in total. The smallest absolute Gasteiger partial charge is 0.319 e. The fourth-order valence-corrected chi connectivity index (χ4v) is 1.54. The Bertz CT molecular complexity index is 396. The van der Waals surface area contributed by atoms with E-state index in [2.05, 4.69) is 4.74 Å². The van der Waals surface area contributed by atoms with Crippen molar-refractivity contribution >= 4 is 5.97 Å². The maximum Gasteiger partial charge on any atom is 0.319 e. The molecule has 0 aliphatic heterocycles. The van der Waals surface area contributed by atoms with Crippen LogP contribution in [0, 0.1) is 5.82 Å². The van der Waals surface area contributed by atoms with Gasteiger partial charge in [0.1, 0.15) is 5.82 Å². The highest BCUT2D eigenvalue weighted by molar-refractivity contribution is 5.71. The Balaban J connectivity index is 2.65. The van der Waals surface area contributed by atoms with Crippen LogP contribution in [0.15, 0.2) is 18.2 Å². The van der Waals surface area contributed by atoms with E-state index < -0.39 is 0 Å². The molecule has 0 amide bonds. The minimum Gasteiger partial charge on any atom is -0.468 e. The summed E-state index contributed by atoms with van der Waals surface area (Å²) < 4.78 is 17.8. The minimum absolute atomic E-state index is 0.167. The topological polar surface area (TPSA) is 55.6 Å². The van der Waals surface area contributed by atoms with Crippen LogP contribution in [0.1, 0.15) is 11.1 Å². The van der Waals surface area contributed by atoms with Crippen molar-refractivity contribution in [1.29, 1.82) is 0 Å². The summed E-state index contributed by atoms with van der Waals surface area (Å²) in [4.78, 5) is 12.8. The molecule has 5 heteroatoms. The average molecular weight is 240 g/mol. The SMILES string of the molecule is COC(=O)CN(C)Cc1ccc(F)c(CN)c1. The van der Waals surface area contributed by atoms with Crippen LogP contribution in [0.3, 0.4) is 0 Å². The third-order valence-corrected chi connectivity index (χ3v) is 2.41. The summed E-state index contributed by atoms with van der Waals surface area (Å²) in [6.45, 7) is 0.911. The molecule has 94 valence electrons. The molecule has 0 unspecified atom stereocenters. The molecule has 0 saturated carbocycles. The van der Waals surface area contributed by atoms with E-state index >= 15 is 0 Å². The van der Waals surface area contributed by atoms with Gasteiger partial charge in [-0.05, 0) is 18.7 Å². The van der Waals surface area contributed by atoms with Gasteiger partial charge in [0.15, 0.2) is 0 Å². The summed E-state index contributed by atoms with van der Waals surface area (Å²) in [6.07, 6.45) is 0. The van der Waals surface area contributed by atoms with E-state index in [0.29, 0.717) is 12.1 Å². The molecule has 4 nitrogen and oxygen atoms in total. The molecule has 0 bridgehead atoms. The van der Waals surface area contributed by atoms with E-state index in [0.717, 1.165) is 5.56 Å². The maximum absolute atomic E-state index is 13.2. The number of hydrogen-bond donors (Lipinski definition) is 1. The molecule has 1 aromatic rings. The van der Waals surface area contributed by atoms with Crippen LogP contribution >= 0.6 is 0 Å². The van der Waals surface area contributed by atoms with E-state index in [4.69, 9.17) is 5.73 Å². The standard InChI is InChI=1S/C12H17FN2O2/c1-15(8-12(16)17-2)7-9-3-4-11(13)10(5-9)6-14/h3-5H,6-8,14H2,1-2H3. The highest BCUT2D eigenvalue weighted by Crippen LogP contribution is 2.11. The third kappa shape index (κ3) is 4.13. The second-order valence-corrected chi connectivity index (χ2v) is 3.88. The van der Waals surface area contributed by atoms with Crippen molar-refractivity contribution in [3.63, 3.8) is 0 Å². The predicted octanol–water partition coefficient (Wildman–Crippen LogP) is 0.889. The number of nitrogens with two attached hydrogens (primary N) is 1. The highest BCUT2D eigenvalue weighted by Gasteiger charge is 2.08. The molecule has 0 aliphatic rings. The first-order valence-corrected chi connectivity index (χ1v) is 5.29. The average Bonchev–Trinajstić information content (AvgIpc) is 2.31. The molecule has 0 spiro atoms. The van der Waals surface area contributed by atoms with Crippen molar-refractivity contribution in [3.05, 3.63) is 35.1 Å². The van der Waals surface area contributed by atoms with Crippen molar-refractivity contribution < 1.29 is 13.9 Å². The predicted molar refractivity (Wildman–Crippen MR) is 62.6 cm³/mol. The Kier molecular flexibility index (Phi) is 5.06. The number of ether oxygens (including phenoxy) is 1. The Morgan fingerprint density at radius 2 is 2.24 bits per heavy atom. The van der Waals surface area contributed by atoms with Crippen molar-refractivity contribution in [2.45, 2.75) is 13.1 Å². The Hall–Kier alpha value is -1.46. The molecule has 1 rings (SSSR count). The van der Waals surface area contributed by atoms with Crippen LogP contribution < -0.4 is 5.73 Å². The first-order chi connectivity index (χ1) is 8.06. The van der Waals surface area contributed by atoms with Gasteiger partial charge in [-0.15, -0.1) is 0 Å². The Morgan fingerprint density at radius 3 is 2.82 bits per heavy atom. The summed E-state index contributed by atoms with van der Waals surface area (Å²) in [6, 6.07) is 4.79. The van der Waals surface area contributed by atoms with Crippen LogP contribution in [-0.4, -0.2) is 31.6 Å². The van der Waals surface area contributed by atoms with Crippen LogP contribution in [0.4, 0.5) is 4.39 Å². The van der Waals surface area contributed by atoms with Gasteiger partial charge in [0.05, 0.1) is 13.7 Å². The number of likely N-dealkylation sites (N-methyl/N-ethyl adjacent to an activating group) is 1. The number of benzene rings is 1. The third-order valence-electron chi connectivity index (χ3n) is 2.41. The van der Waals surface area contributed by atoms with Gasteiger partial charge in [0.25, 0.3) is 0 Å². The molecule has 0 heterocycles. The number of carbonyl (C=O) groups excluding carboxylic acids is 1. The van der Waals surface area contributed by atoms with E-state index in [9.17, 15) is 9.18 Å². The minimum atomic E-state index is -0.299. The Morgan fingerprint density at radius 1 is 1.53 bits per heavy atom. The molecule has 17 heavy (non-hydrogen) atoms. The van der Waals surface area contributed by atoms with Gasteiger partial charge in [-0.1, -0.05) is 12.1 Å². The number of halogens is 1. The number of hydrogen-bond acceptors (Lipinski definition) is 4. The molecular formula is C12H17FN2O2. The van der Waals surface area contributed by atoms with Gasteiger partial charge >= 0.3 is 5.97 Å². The van der Waals surface area contributed by atoms with Gasteiger partial charge < -0.3 is 10.5 Å². The van der Waals surface area contributed by atoms with Gasteiger partial charge in [0, 0.05) is 18.7 Å². The lowest BCUT2D eigenvalue weighted by atomic mass is 10.1. The number of carbonyl (C=O) groups is 1. The summed E-state index contributed by atoms with van der Waals surface area (Å²) in [5.41, 5.74) is 6.82. The number of esters is 1. The lowest BCUT2D eigenvalue weighted by molar-refractivity contribution is -0.141. The molecule has 0 aromatic heterocycles. The first kappa shape index (κ1) is 13.6. The molecule has 0 radical (unpaired) electrons. The zero-order chi connectivity index (χ0) is 12.8. The van der Waals surface area contributed by atoms with Gasteiger partial charge in [-0.3, -0.25) is 9.69 Å². The number of methoxy groups -OCH3 is 1. The lowest BCUT2D eigenvalue weighted by Crippen LogP contribution is -2.26. The van der Waals surface area contributed by atoms with Crippen molar-refractivity contribution in [2.24, 2.45) is 5.73 Å². The maximum atomic E-state index is 13.2. The molecule has 0 aliphatic carbocycles. The fourth-order valence-electron chi connectivity index (χ4n) is 1.54. The monoisotopic (exact) mass is 240 g/mol. The Labute approximate surface area is 100 Å². The largest absolute Gasteiger partial charge is 0.468 e. The van der Waals surface area contributed by atoms with Crippen molar-refractivity contribution in [3.8, 4) is 0 Å². The van der Waals surface area contributed by atoms with E-state index in [1.54, 1.807) is 24.1 Å². The zero-order valence-corrected chi connectivity index (χ0v) is 10.1. The number of rotatable bonds is 5. The zero-order valence-electron chi connectivity index (χ0n) is 10.1. The second kappa shape index (κ2) is 6.32. The van der Waals surface area contributed by atoms with Gasteiger partial charge in [0.2, 0.25) is 0 Å². The van der Waals surface area contributed by atoms with E-state index in [1.807, 2.05) is 0 Å². The molecule has 0 atom stereocenters. The second-order valence-electron chi connectivity index (χ2n) is 3.88. The van der Waals surface area contributed by atoms with Crippen LogP contribution in [0.2, 0.25) is 0 Å². The fraction of sp³-hybridized carbons (Fsp3) is 0.417. The molecule has 0 fully saturated rings. The lowest BCUT2D eigenvalue weighted by Gasteiger charge is -2.15. The highest BCUT2D eigenvalue weighted by atomic mass is 19.1. The summed E-state index contributed by atoms with van der Waals surface area (Å²) in [5.74, 6) is -0.597. The summed E-state index contributed by atoms with van der Waals surface area (Å²) in [5, 5.41) is 0. The van der Waals surface area contributed by atoms with Gasteiger partial charge in [-0.25, -0.2) is 4.39 Å². The quantitative estimate of drug-likeness (QED) is 0.777. The van der Waals surface area contributed by atoms with E-state index in [1.165, 1.54) is 13.2 Å². The van der Waals surface area contributed by atoms with Crippen LogP contribution in [-0.2, 0) is 22.6 Å².